The Labute approximate surface area is 89.9 Å². The van der Waals surface area contributed by atoms with Gasteiger partial charge in [-0.2, -0.15) is 0 Å². The van der Waals surface area contributed by atoms with Crippen LogP contribution < -0.4 is 10.5 Å². The molecule has 0 aromatic heterocycles. The molecule has 0 bridgehead atoms. The summed E-state index contributed by atoms with van der Waals surface area (Å²) in [5.41, 5.74) is 7.75. The van der Waals surface area contributed by atoms with E-state index in [4.69, 9.17) is 10.5 Å². The third kappa shape index (κ3) is 2.30. The topological polar surface area (TPSA) is 55.5 Å². The molecule has 0 fully saturated rings. The Kier molecular flexibility index (Phi) is 2.93. The molecule has 1 aromatic carbocycles. The zero-order chi connectivity index (χ0) is 10.8. The van der Waals surface area contributed by atoms with E-state index in [9.17, 15) is 5.11 Å². The van der Waals surface area contributed by atoms with Crippen molar-refractivity contribution in [2.75, 3.05) is 6.54 Å². The Bertz CT molecular complexity index is 351. The molecule has 3 heteroatoms. The third-order valence-corrected chi connectivity index (χ3v) is 2.70. The fourth-order valence-electron chi connectivity index (χ4n) is 1.96. The van der Waals surface area contributed by atoms with Gasteiger partial charge in [-0.05, 0) is 30.5 Å². The zero-order valence-corrected chi connectivity index (χ0v) is 8.94. The maximum atomic E-state index is 9.46. The monoisotopic (exact) mass is 207 g/mol. The highest BCUT2D eigenvalue weighted by atomic mass is 16.5. The van der Waals surface area contributed by atoms with Gasteiger partial charge < -0.3 is 15.6 Å². The zero-order valence-electron chi connectivity index (χ0n) is 8.94. The minimum atomic E-state index is -0.442. The summed E-state index contributed by atoms with van der Waals surface area (Å²) in [6.07, 6.45) is 1.41. The molecule has 3 N–H and O–H groups in total. The van der Waals surface area contributed by atoms with Gasteiger partial charge in [-0.3, -0.25) is 0 Å². The van der Waals surface area contributed by atoms with Crippen LogP contribution >= 0.6 is 0 Å². The van der Waals surface area contributed by atoms with Crippen LogP contribution in [0.5, 0.6) is 5.75 Å². The normalized spacial score (nSPS) is 20.9. The minimum absolute atomic E-state index is 0.273. The molecule has 3 nitrogen and oxygen atoms in total. The van der Waals surface area contributed by atoms with Crippen molar-refractivity contribution in [3.63, 3.8) is 0 Å². The van der Waals surface area contributed by atoms with Crippen LogP contribution in [0.25, 0.3) is 0 Å². The van der Waals surface area contributed by atoms with E-state index in [-0.39, 0.29) is 6.10 Å². The molecule has 0 spiro atoms. The van der Waals surface area contributed by atoms with Crippen LogP contribution in [-0.4, -0.2) is 23.9 Å². The van der Waals surface area contributed by atoms with Crippen LogP contribution in [0.15, 0.2) is 18.2 Å². The predicted octanol–water partition coefficient (Wildman–Crippen LogP) is 0.872. The van der Waals surface area contributed by atoms with Crippen molar-refractivity contribution in [3.05, 3.63) is 29.3 Å². The fourth-order valence-corrected chi connectivity index (χ4v) is 1.96. The first-order valence-electron chi connectivity index (χ1n) is 5.35. The SMILES string of the molecule is CC1Cc2cc(CC(O)CN)ccc2O1. The largest absolute Gasteiger partial charge is 0.490 e. The lowest BCUT2D eigenvalue weighted by Crippen LogP contribution is -2.21. The molecule has 1 heterocycles. The van der Waals surface area contributed by atoms with Gasteiger partial charge in [0.1, 0.15) is 11.9 Å². The number of aliphatic hydroxyl groups excluding tert-OH is 1. The van der Waals surface area contributed by atoms with Crippen molar-refractivity contribution < 1.29 is 9.84 Å². The second-order valence-corrected chi connectivity index (χ2v) is 4.17. The lowest BCUT2D eigenvalue weighted by molar-refractivity contribution is 0.183. The Morgan fingerprint density at radius 1 is 1.60 bits per heavy atom. The molecule has 82 valence electrons. The molecule has 2 rings (SSSR count). The van der Waals surface area contributed by atoms with Gasteiger partial charge in [-0.25, -0.2) is 0 Å². The molecule has 2 unspecified atom stereocenters. The number of nitrogens with two attached hydrogens (primary N) is 1. The average Bonchev–Trinajstić information content (AvgIpc) is 2.57. The number of fused-ring (bicyclic) bond motifs is 1. The number of ether oxygens (including phenoxy) is 1. The summed E-state index contributed by atoms with van der Waals surface area (Å²) in [5.74, 6) is 0.980. The number of aliphatic hydroxyl groups is 1. The van der Waals surface area contributed by atoms with E-state index in [0.29, 0.717) is 13.0 Å². The maximum absolute atomic E-state index is 9.46. The molecule has 0 saturated heterocycles. The Hall–Kier alpha value is -1.06. The van der Waals surface area contributed by atoms with Crippen molar-refractivity contribution in [2.24, 2.45) is 5.73 Å². The third-order valence-electron chi connectivity index (χ3n) is 2.70. The second kappa shape index (κ2) is 4.21. The standard InChI is InChI=1S/C12H17NO2/c1-8-4-10-5-9(6-11(14)7-13)2-3-12(10)15-8/h2-3,5,8,11,14H,4,6-7,13H2,1H3. The summed E-state index contributed by atoms with van der Waals surface area (Å²) in [6.45, 7) is 2.37. The highest BCUT2D eigenvalue weighted by Crippen LogP contribution is 2.29. The lowest BCUT2D eigenvalue weighted by atomic mass is 10.0. The number of hydrogen-bond acceptors (Lipinski definition) is 3. The molecule has 1 aliphatic heterocycles. The first kappa shape index (κ1) is 10.5. The van der Waals surface area contributed by atoms with Crippen LogP contribution in [0, 0.1) is 0 Å². The van der Waals surface area contributed by atoms with Gasteiger partial charge in [-0.15, -0.1) is 0 Å². The number of benzene rings is 1. The molecule has 0 radical (unpaired) electrons. The summed E-state index contributed by atoms with van der Waals surface area (Å²) < 4.78 is 5.61. The average molecular weight is 207 g/mol. The van der Waals surface area contributed by atoms with Crippen molar-refractivity contribution in [1.82, 2.24) is 0 Å². The highest BCUT2D eigenvalue weighted by molar-refractivity contribution is 5.40. The van der Waals surface area contributed by atoms with Gasteiger partial charge >= 0.3 is 0 Å². The van der Waals surface area contributed by atoms with E-state index >= 15 is 0 Å². The van der Waals surface area contributed by atoms with Crippen molar-refractivity contribution >= 4 is 0 Å². The molecule has 2 atom stereocenters. The summed E-state index contributed by atoms with van der Waals surface area (Å²) in [5, 5.41) is 9.46. The van der Waals surface area contributed by atoms with Gasteiger partial charge in [-0.1, -0.05) is 12.1 Å². The quantitative estimate of drug-likeness (QED) is 0.773. The van der Waals surface area contributed by atoms with Crippen molar-refractivity contribution in [3.8, 4) is 5.75 Å². The van der Waals surface area contributed by atoms with E-state index in [1.807, 2.05) is 12.1 Å². The molecule has 1 aliphatic rings. The Balaban J connectivity index is 2.13. The van der Waals surface area contributed by atoms with Crippen LogP contribution in [0.1, 0.15) is 18.1 Å². The molecule has 1 aromatic rings. The van der Waals surface area contributed by atoms with Crippen LogP contribution in [0.4, 0.5) is 0 Å². The minimum Gasteiger partial charge on any atom is -0.490 e. The fraction of sp³-hybridized carbons (Fsp3) is 0.500. The van der Waals surface area contributed by atoms with E-state index in [0.717, 1.165) is 17.7 Å². The summed E-state index contributed by atoms with van der Waals surface area (Å²) in [4.78, 5) is 0. The van der Waals surface area contributed by atoms with Crippen LogP contribution in [0.3, 0.4) is 0 Å². The molecular formula is C12H17NO2. The smallest absolute Gasteiger partial charge is 0.123 e. The van der Waals surface area contributed by atoms with Crippen LogP contribution in [0.2, 0.25) is 0 Å². The summed E-state index contributed by atoms with van der Waals surface area (Å²) >= 11 is 0. The maximum Gasteiger partial charge on any atom is 0.123 e. The van der Waals surface area contributed by atoms with Gasteiger partial charge in [0, 0.05) is 13.0 Å². The molecule has 0 amide bonds. The van der Waals surface area contributed by atoms with Gasteiger partial charge in [0.15, 0.2) is 0 Å². The van der Waals surface area contributed by atoms with E-state index < -0.39 is 6.10 Å². The van der Waals surface area contributed by atoms with Gasteiger partial charge in [0.25, 0.3) is 0 Å². The lowest BCUT2D eigenvalue weighted by Gasteiger charge is -2.08. The summed E-state index contributed by atoms with van der Waals surface area (Å²) in [6, 6.07) is 6.09. The molecule has 0 aliphatic carbocycles. The first-order chi connectivity index (χ1) is 7.19. The Morgan fingerprint density at radius 2 is 2.40 bits per heavy atom. The summed E-state index contributed by atoms with van der Waals surface area (Å²) in [7, 11) is 0. The van der Waals surface area contributed by atoms with E-state index in [1.165, 1.54) is 5.56 Å². The highest BCUT2D eigenvalue weighted by Gasteiger charge is 2.19. The number of hydrogen-bond donors (Lipinski definition) is 2. The van der Waals surface area contributed by atoms with Crippen molar-refractivity contribution in [1.29, 1.82) is 0 Å². The van der Waals surface area contributed by atoms with Crippen molar-refractivity contribution in [2.45, 2.75) is 32.0 Å². The molecule has 15 heavy (non-hydrogen) atoms. The van der Waals surface area contributed by atoms with Gasteiger partial charge in [0.05, 0.1) is 6.10 Å². The van der Waals surface area contributed by atoms with Crippen LogP contribution in [-0.2, 0) is 12.8 Å². The number of rotatable bonds is 3. The first-order valence-corrected chi connectivity index (χ1v) is 5.35. The second-order valence-electron chi connectivity index (χ2n) is 4.17. The van der Waals surface area contributed by atoms with E-state index in [2.05, 4.69) is 13.0 Å². The Morgan fingerprint density at radius 3 is 3.13 bits per heavy atom. The van der Waals surface area contributed by atoms with Gasteiger partial charge in [0.2, 0.25) is 0 Å². The predicted molar refractivity (Wildman–Crippen MR) is 59.0 cm³/mol. The molecular weight excluding hydrogens is 190 g/mol. The molecule has 0 saturated carbocycles. The van der Waals surface area contributed by atoms with E-state index in [1.54, 1.807) is 0 Å².